The first-order valence-corrected chi connectivity index (χ1v) is 6.07. The van der Waals surface area contributed by atoms with E-state index in [0.29, 0.717) is 11.4 Å². The third-order valence-electron chi connectivity index (χ3n) is 1.90. The van der Waals surface area contributed by atoms with E-state index in [0.717, 1.165) is 11.3 Å². The number of rotatable bonds is 5. The van der Waals surface area contributed by atoms with Crippen LogP contribution < -0.4 is 5.32 Å². The van der Waals surface area contributed by atoms with Gasteiger partial charge in [-0.1, -0.05) is 12.1 Å². The summed E-state index contributed by atoms with van der Waals surface area (Å²) in [6, 6.07) is 5.10. The normalized spacial score (nSPS) is 9.81. The van der Waals surface area contributed by atoms with Crippen LogP contribution in [0.25, 0.3) is 0 Å². The standard InChI is InChI=1S/C12H15NO2S/c1-3-6-16-8-12(15)13-10-7-9(2)4-5-11(10)14/h3-5,7,14H,1,6,8H2,2H3,(H,13,15). The number of aromatic hydroxyl groups is 1. The fourth-order valence-electron chi connectivity index (χ4n) is 1.17. The first kappa shape index (κ1) is 12.6. The smallest absolute Gasteiger partial charge is 0.234 e. The molecule has 0 bridgehead atoms. The highest BCUT2D eigenvalue weighted by Crippen LogP contribution is 2.23. The van der Waals surface area contributed by atoms with Crippen LogP contribution in [0.3, 0.4) is 0 Å². The fourth-order valence-corrected chi connectivity index (χ4v) is 1.71. The number of phenols is 1. The zero-order valence-electron chi connectivity index (χ0n) is 9.19. The maximum absolute atomic E-state index is 11.5. The van der Waals surface area contributed by atoms with Gasteiger partial charge < -0.3 is 10.4 Å². The van der Waals surface area contributed by atoms with Crippen molar-refractivity contribution in [2.75, 3.05) is 16.8 Å². The zero-order chi connectivity index (χ0) is 12.0. The first-order chi connectivity index (χ1) is 7.63. The first-order valence-electron chi connectivity index (χ1n) is 4.91. The molecule has 4 heteroatoms. The minimum Gasteiger partial charge on any atom is -0.506 e. The lowest BCUT2D eigenvalue weighted by atomic mass is 10.2. The second-order valence-corrected chi connectivity index (χ2v) is 4.40. The number of thioether (sulfide) groups is 1. The molecule has 1 aromatic carbocycles. The molecule has 0 atom stereocenters. The number of hydrogen-bond donors (Lipinski definition) is 2. The van der Waals surface area contributed by atoms with Gasteiger partial charge in [0.15, 0.2) is 0 Å². The number of anilines is 1. The lowest BCUT2D eigenvalue weighted by Crippen LogP contribution is -2.14. The van der Waals surface area contributed by atoms with E-state index in [4.69, 9.17) is 0 Å². The summed E-state index contributed by atoms with van der Waals surface area (Å²) in [6.45, 7) is 5.48. The Balaban J connectivity index is 2.55. The van der Waals surface area contributed by atoms with Gasteiger partial charge in [-0.25, -0.2) is 0 Å². The molecule has 2 N–H and O–H groups in total. The van der Waals surface area contributed by atoms with Gasteiger partial charge in [0.2, 0.25) is 5.91 Å². The summed E-state index contributed by atoms with van der Waals surface area (Å²) in [5, 5.41) is 12.2. The van der Waals surface area contributed by atoms with E-state index in [-0.39, 0.29) is 11.7 Å². The number of carbonyl (C=O) groups excluding carboxylic acids is 1. The topological polar surface area (TPSA) is 49.3 Å². The molecule has 86 valence electrons. The number of aryl methyl sites for hydroxylation is 1. The Kier molecular flexibility index (Phi) is 4.92. The predicted molar refractivity (Wildman–Crippen MR) is 69.0 cm³/mol. The van der Waals surface area contributed by atoms with Crippen molar-refractivity contribution in [3.63, 3.8) is 0 Å². The predicted octanol–water partition coefficient (Wildman–Crippen LogP) is 2.56. The molecule has 0 fully saturated rings. The molecule has 0 aliphatic heterocycles. The summed E-state index contributed by atoms with van der Waals surface area (Å²) in [5.41, 5.74) is 1.45. The third-order valence-corrected chi connectivity index (χ3v) is 2.83. The van der Waals surface area contributed by atoms with Crippen LogP contribution in [0.1, 0.15) is 5.56 Å². The fraction of sp³-hybridized carbons (Fsp3) is 0.250. The minimum atomic E-state index is -0.118. The summed E-state index contributed by atoms with van der Waals surface area (Å²) in [7, 11) is 0. The van der Waals surface area contributed by atoms with Gasteiger partial charge in [0.1, 0.15) is 5.75 Å². The van der Waals surface area contributed by atoms with Crippen LogP contribution in [0.5, 0.6) is 5.75 Å². The SMILES string of the molecule is C=CCSCC(=O)Nc1cc(C)ccc1O. The maximum atomic E-state index is 11.5. The summed E-state index contributed by atoms with van der Waals surface area (Å²) in [5.74, 6) is 1.08. The van der Waals surface area contributed by atoms with Crippen LogP contribution in [0.4, 0.5) is 5.69 Å². The molecule has 0 heterocycles. The van der Waals surface area contributed by atoms with Crippen LogP contribution in [0, 0.1) is 6.92 Å². The molecular weight excluding hydrogens is 222 g/mol. The van der Waals surface area contributed by atoms with Crippen LogP contribution in [0.15, 0.2) is 30.9 Å². The molecule has 0 spiro atoms. The van der Waals surface area contributed by atoms with Gasteiger partial charge in [-0.3, -0.25) is 4.79 Å². The Labute approximate surface area is 99.6 Å². The minimum absolute atomic E-state index is 0.0904. The molecule has 1 amide bonds. The van der Waals surface area contributed by atoms with E-state index in [1.54, 1.807) is 24.3 Å². The molecule has 0 saturated heterocycles. The lowest BCUT2D eigenvalue weighted by Gasteiger charge is -2.07. The highest BCUT2D eigenvalue weighted by molar-refractivity contribution is 8.00. The summed E-state index contributed by atoms with van der Waals surface area (Å²) in [6.07, 6.45) is 1.75. The quantitative estimate of drug-likeness (QED) is 0.470. The molecule has 16 heavy (non-hydrogen) atoms. The third kappa shape index (κ3) is 3.98. The lowest BCUT2D eigenvalue weighted by molar-refractivity contribution is -0.113. The molecule has 1 rings (SSSR count). The number of phenolic OH excluding ortho intramolecular Hbond substituents is 1. The molecule has 0 aliphatic carbocycles. The van der Waals surface area contributed by atoms with Crippen molar-refractivity contribution >= 4 is 23.4 Å². The van der Waals surface area contributed by atoms with Crippen LogP contribution in [0.2, 0.25) is 0 Å². The van der Waals surface area contributed by atoms with Gasteiger partial charge in [-0.2, -0.15) is 0 Å². The maximum Gasteiger partial charge on any atom is 0.234 e. The van der Waals surface area contributed by atoms with Gasteiger partial charge in [0.05, 0.1) is 11.4 Å². The number of hydrogen-bond acceptors (Lipinski definition) is 3. The largest absolute Gasteiger partial charge is 0.506 e. The van der Waals surface area contributed by atoms with E-state index in [9.17, 15) is 9.90 Å². The average molecular weight is 237 g/mol. The highest BCUT2D eigenvalue weighted by Gasteiger charge is 2.06. The number of amides is 1. The number of carbonyl (C=O) groups is 1. The van der Waals surface area contributed by atoms with Crippen molar-refractivity contribution in [3.8, 4) is 5.75 Å². The molecule has 0 aliphatic rings. The van der Waals surface area contributed by atoms with Crippen molar-refractivity contribution in [2.24, 2.45) is 0 Å². The van der Waals surface area contributed by atoms with Gasteiger partial charge in [0, 0.05) is 5.75 Å². The van der Waals surface area contributed by atoms with Gasteiger partial charge in [-0.15, -0.1) is 18.3 Å². The van der Waals surface area contributed by atoms with Gasteiger partial charge >= 0.3 is 0 Å². The Morgan fingerprint density at radius 2 is 2.38 bits per heavy atom. The molecule has 1 aromatic rings. The van der Waals surface area contributed by atoms with Gasteiger partial charge in [0.25, 0.3) is 0 Å². The van der Waals surface area contributed by atoms with Gasteiger partial charge in [-0.05, 0) is 24.6 Å². The van der Waals surface area contributed by atoms with E-state index in [1.807, 2.05) is 6.92 Å². The highest BCUT2D eigenvalue weighted by atomic mass is 32.2. The van der Waals surface area contributed by atoms with Crippen molar-refractivity contribution < 1.29 is 9.90 Å². The summed E-state index contributed by atoms with van der Waals surface area (Å²) >= 11 is 1.48. The van der Waals surface area contributed by atoms with Crippen molar-refractivity contribution in [1.82, 2.24) is 0 Å². The summed E-state index contributed by atoms with van der Waals surface area (Å²) in [4.78, 5) is 11.5. The second-order valence-electron chi connectivity index (χ2n) is 3.37. The van der Waals surface area contributed by atoms with Crippen molar-refractivity contribution in [2.45, 2.75) is 6.92 Å². The average Bonchev–Trinajstić information content (AvgIpc) is 2.24. The Morgan fingerprint density at radius 3 is 3.06 bits per heavy atom. The van der Waals surface area contributed by atoms with E-state index < -0.39 is 0 Å². The molecule has 3 nitrogen and oxygen atoms in total. The Morgan fingerprint density at radius 1 is 1.62 bits per heavy atom. The van der Waals surface area contributed by atoms with Crippen LogP contribution in [-0.2, 0) is 4.79 Å². The Hall–Kier alpha value is -1.42. The van der Waals surface area contributed by atoms with Crippen molar-refractivity contribution in [3.05, 3.63) is 36.4 Å². The van der Waals surface area contributed by atoms with Crippen LogP contribution in [-0.4, -0.2) is 22.5 Å². The van der Waals surface area contributed by atoms with Crippen LogP contribution >= 0.6 is 11.8 Å². The van der Waals surface area contributed by atoms with Crippen molar-refractivity contribution in [1.29, 1.82) is 0 Å². The second kappa shape index (κ2) is 6.23. The Bertz CT molecular complexity index is 391. The van der Waals surface area contributed by atoms with E-state index >= 15 is 0 Å². The molecule has 0 radical (unpaired) electrons. The van der Waals surface area contributed by atoms with E-state index in [1.165, 1.54) is 11.8 Å². The molecule has 0 unspecified atom stereocenters. The molecule has 0 saturated carbocycles. The molecular formula is C12H15NO2S. The monoisotopic (exact) mass is 237 g/mol. The molecule has 0 aromatic heterocycles. The number of benzene rings is 1. The summed E-state index contributed by atoms with van der Waals surface area (Å²) < 4.78 is 0. The number of nitrogens with one attached hydrogen (secondary N) is 1. The zero-order valence-corrected chi connectivity index (χ0v) is 10.0. The van der Waals surface area contributed by atoms with E-state index in [2.05, 4.69) is 11.9 Å².